The second-order valence-corrected chi connectivity index (χ2v) is 3.71. The number of rotatable bonds is 6. The van der Waals surface area contributed by atoms with E-state index in [2.05, 4.69) is 21.0 Å². The summed E-state index contributed by atoms with van der Waals surface area (Å²) in [6.45, 7) is 6.55. The lowest BCUT2D eigenvalue weighted by atomic mass is 9.97. The number of esters is 2. The van der Waals surface area contributed by atoms with E-state index in [1.54, 1.807) is 0 Å². The number of hydrogen-bond donors (Lipinski definition) is 1. The average molecular weight is 269 g/mol. The van der Waals surface area contributed by atoms with Crippen molar-refractivity contribution in [2.75, 3.05) is 20.8 Å². The fourth-order valence-electron chi connectivity index (χ4n) is 1.42. The van der Waals surface area contributed by atoms with Gasteiger partial charge in [0.15, 0.2) is 0 Å². The van der Waals surface area contributed by atoms with Crippen LogP contribution in [0.3, 0.4) is 0 Å². The van der Waals surface area contributed by atoms with Crippen LogP contribution >= 0.6 is 0 Å². The summed E-state index contributed by atoms with van der Waals surface area (Å²) in [6.07, 6.45) is 1.51. The van der Waals surface area contributed by atoms with Crippen molar-refractivity contribution in [3.63, 3.8) is 0 Å². The van der Waals surface area contributed by atoms with Gasteiger partial charge in [-0.2, -0.15) is 0 Å². The SMILES string of the molecule is C=CCN=C(C(C(=O)OC)=C(C)O)C(C)C(=O)OC. The van der Waals surface area contributed by atoms with Gasteiger partial charge < -0.3 is 14.6 Å². The van der Waals surface area contributed by atoms with Crippen LogP contribution in [0.1, 0.15) is 13.8 Å². The number of hydrogen-bond acceptors (Lipinski definition) is 6. The molecule has 0 saturated carbocycles. The average Bonchev–Trinajstić information content (AvgIpc) is 2.40. The lowest BCUT2D eigenvalue weighted by molar-refractivity contribution is -0.142. The van der Waals surface area contributed by atoms with Gasteiger partial charge in [-0.25, -0.2) is 4.79 Å². The Labute approximate surface area is 112 Å². The normalized spacial score (nSPS) is 14.2. The molecular weight excluding hydrogens is 250 g/mol. The highest BCUT2D eigenvalue weighted by Crippen LogP contribution is 2.15. The first-order valence-corrected chi connectivity index (χ1v) is 5.62. The van der Waals surface area contributed by atoms with E-state index >= 15 is 0 Å². The van der Waals surface area contributed by atoms with Gasteiger partial charge in [0, 0.05) is 0 Å². The zero-order valence-corrected chi connectivity index (χ0v) is 11.6. The highest BCUT2D eigenvalue weighted by atomic mass is 16.5. The number of allylic oxidation sites excluding steroid dienone is 1. The Bertz CT molecular complexity index is 419. The van der Waals surface area contributed by atoms with Gasteiger partial charge in [0.1, 0.15) is 11.3 Å². The Morgan fingerprint density at radius 1 is 1.37 bits per heavy atom. The predicted molar refractivity (Wildman–Crippen MR) is 71.0 cm³/mol. The first-order chi connectivity index (χ1) is 8.90. The fourth-order valence-corrected chi connectivity index (χ4v) is 1.42. The molecule has 0 radical (unpaired) electrons. The van der Waals surface area contributed by atoms with Crippen LogP contribution in [0.2, 0.25) is 0 Å². The topological polar surface area (TPSA) is 85.2 Å². The van der Waals surface area contributed by atoms with E-state index in [1.807, 2.05) is 0 Å². The minimum atomic E-state index is -0.804. The third kappa shape index (κ3) is 4.57. The minimum absolute atomic E-state index is 0.110. The molecule has 6 heteroatoms. The van der Waals surface area contributed by atoms with Crippen molar-refractivity contribution in [2.24, 2.45) is 10.9 Å². The molecule has 0 aromatic rings. The lowest BCUT2D eigenvalue weighted by Crippen LogP contribution is -2.29. The maximum Gasteiger partial charge on any atom is 0.343 e. The standard InChI is InChI=1S/C13H19NO5/c1-6-7-14-11(8(2)12(16)18-4)10(9(3)15)13(17)19-5/h6,8,15H,1,7H2,2-5H3. The Morgan fingerprint density at radius 2 is 1.95 bits per heavy atom. The van der Waals surface area contributed by atoms with Gasteiger partial charge in [-0.15, -0.1) is 6.58 Å². The zero-order chi connectivity index (χ0) is 15.0. The molecule has 0 amide bonds. The van der Waals surface area contributed by atoms with Crippen LogP contribution < -0.4 is 0 Å². The van der Waals surface area contributed by atoms with Gasteiger partial charge in [0.05, 0.1) is 32.4 Å². The number of nitrogens with zero attached hydrogens (tertiary/aromatic N) is 1. The number of aliphatic hydroxyl groups excluding tert-OH is 1. The molecule has 1 unspecified atom stereocenters. The quantitative estimate of drug-likeness (QED) is 0.259. The molecule has 0 heterocycles. The third-order valence-electron chi connectivity index (χ3n) is 2.36. The summed E-state index contributed by atoms with van der Waals surface area (Å²) in [5, 5.41) is 9.61. The molecule has 0 fully saturated rings. The Balaban J connectivity index is 5.71. The van der Waals surface area contributed by atoms with Crippen molar-refractivity contribution in [1.82, 2.24) is 0 Å². The smallest absolute Gasteiger partial charge is 0.343 e. The molecule has 106 valence electrons. The monoisotopic (exact) mass is 269 g/mol. The van der Waals surface area contributed by atoms with E-state index in [-0.39, 0.29) is 23.6 Å². The number of aliphatic imine (C=N–C) groups is 1. The van der Waals surface area contributed by atoms with Gasteiger partial charge in [-0.3, -0.25) is 9.79 Å². The molecule has 6 nitrogen and oxygen atoms in total. The molecule has 19 heavy (non-hydrogen) atoms. The molecule has 0 rings (SSSR count). The van der Waals surface area contributed by atoms with E-state index in [0.29, 0.717) is 0 Å². The van der Waals surface area contributed by atoms with Gasteiger partial charge >= 0.3 is 11.9 Å². The Hall–Kier alpha value is -2.11. The number of carbonyl (C=O) groups excluding carboxylic acids is 2. The zero-order valence-electron chi connectivity index (χ0n) is 11.6. The van der Waals surface area contributed by atoms with Crippen molar-refractivity contribution in [1.29, 1.82) is 0 Å². The van der Waals surface area contributed by atoms with Crippen molar-refractivity contribution in [3.05, 3.63) is 24.0 Å². The molecular formula is C13H19NO5. The molecule has 0 aliphatic rings. The van der Waals surface area contributed by atoms with E-state index < -0.39 is 17.9 Å². The van der Waals surface area contributed by atoms with Crippen molar-refractivity contribution in [2.45, 2.75) is 13.8 Å². The van der Waals surface area contributed by atoms with Crippen LogP contribution in [0.4, 0.5) is 0 Å². The lowest BCUT2D eigenvalue weighted by Gasteiger charge is -2.15. The molecule has 0 saturated heterocycles. The largest absolute Gasteiger partial charge is 0.512 e. The first kappa shape index (κ1) is 16.9. The second kappa shape index (κ2) is 8.07. The highest BCUT2D eigenvalue weighted by Gasteiger charge is 2.29. The van der Waals surface area contributed by atoms with E-state index in [1.165, 1.54) is 34.1 Å². The van der Waals surface area contributed by atoms with Crippen LogP contribution in [-0.4, -0.2) is 43.5 Å². The van der Waals surface area contributed by atoms with E-state index in [9.17, 15) is 14.7 Å². The molecule has 0 aliphatic carbocycles. The summed E-state index contributed by atoms with van der Waals surface area (Å²) in [7, 11) is 2.41. The summed E-state index contributed by atoms with van der Waals surface area (Å²) < 4.78 is 9.20. The molecule has 1 N–H and O–H groups in total. The number of methoxy groups -OCH3 is 2. The Morgan fingerprint density at radius 3 is 2.32 bits per heavy atom. The van der Waals surface area contributed by atoms with E-state index in [0.717, 1.165) is 0 Å². The van der Waals surface area contributed by atoms with Crippen LogP contribution in [0.25, 0.3) is 0 Å². The molecule has 0 bridgehead atoms. The van der Waals surface area contributed by atoms with Crippen molar-refractivity contribution < 1.29 is 24.2 Å². The van der Waals surface area contributed by atoms with Crippen molar-refractivity contribution >= 4 is 17.7 Å². The summed E-state index contributed by atoms with van der Waals surface area (Å²) in [5.74, 6) is -2.41. The summed E-state index contributed by atoms with van der Waals surface area (Å²) in [5.41, 5.74) is -0.0270. The van der Waals surface area contributed by atoms with Crippen molar-refractivity contribution in [3.8, 4) is 0 Å². The van der Waals surface area contributed by atoms with Crippen LogP contribution in [0.15, 0.2) is 29.0 Å². The van der Waals surface area contributed by atoms with E-state index in [4.69, 9.17) is 0 Å². The molecule has 1 atom stereocenters. The van der Waals surface area contributed by atoms with Gasteiger partial charge in [0.25, 0.3) is 0 Å². The summed E-state index contributed by atoms with van der Waals surface area (Å²) in [6, 6.07) is 0. The number of ether oxygens (including phenoxy) is 2. The molecule has 0 spiro atoms. The fraction of sp³-hybridized carbons (Fsp3) is 0.462. The third-order valence-corrected chi connectivity index (χ3v) is 2.36. The summed E-state index contributed by atoms with van der Waals surface area (Å²) in [4.78, 5) is 27.3. The van der Waals surface area contributed by atoms with Crippen LogP contribution in [-0.2, 0) is 19.1 Å². The van der Waals surface area contributed by atoms with Crippen LogP contribution in [0, 0.1) is 5.92 Å². The maximum atomic E-state index is 11.7. The van der Waals surface area contributed by atoms with Crippen LogP contribution in [0.5, 0.6) is 0 Å². The molecule has 0 aromatic heterocycles. The van der Waals surface area contributed by atoms with Gasteiger partial charge in [0.2, 0.25) is 0 Å². The second-order valence-electron chi connectivity index (χ2n) is 3.71. The number of carbonyl (C=O) groups is 2. The summed E-state index contributed by atoms with van der Waals surface area (Å²) >= 11 is 0. The van der Waals surface area contributed by atoms with Gasteiger partial charge in [-0.05, 0) is 13.8 Å². The van der Waals surface area contributed by atoms with Gasteiger partial charge in [-0.1, -0.05) is 6.08 Å². The minimum Gasteiger partial charge on any atom is -0.512 e. The molecule has 0 aromatic carbocycles. The highest BCUT2D eigenvalue weighted by molar-refractivity contribution is 6.25. The first-order valence-electron chi connectivity index (χ1n) is 5.62. The maximum absolute atomic E-state index is 11.7. The Kier molecular flexibility index (Phi) is 7.18. The molecule has 0 aliphatic heterocycles. The predicted octanol–water partition coefficient (Wildman–Crippen LogP) is 1.43. The number of aliphatic hydroxyl groups is 1.